The predicted octanol–water partition coefficient (Wildman–Crippen LogP) is 4.08. The third-order valence-corrected chi connectivity index (χ3v) is 7.06. The topological polar surface area (TPSA) is 57.7 Å². The molecule has 3 aromatic carbocycles. The fourth-order valence-electron chi connectivity index (χ4n) is 5.61. The molecule has 33 heavy (non-hydrogen) atoms. The van der Waals surface area contributed by atoms with E-state index in [0.717, 1.165) is 16.7 Å². The van der Waals surface area contributed by atoms with Crippen LogP contribution in [0.3, 0.4) is 0 Å². The number of imide groups is 1. The molecule has 6 rings (SSSR count). The molecular formula is C28H22N2O3. The third kappa shape index (κ3) is 2.96. The number of hydrogen-bond donors (Lipinski definition) is 0. The average Bonchev–Trinajstić information content (AvgIpc) is 3.33. The van der Waals surface area contributed by atoms with E-state index >= 15 is 0 Å². The van der Waals surface area contributed by atoms with Gasteiger partial charge in [0.1, 0.15) is 6.04 Å². The molecule has 3 heterocycles. The number of Topliss-reactive ketones (excluding diaryl/α,β-unsaturated/α-hetero) is 1. The largest absolute Gasteiger partial charge is 0.358 e. The third-order valence-electron chi connectivity index (χ3n) is 7.06. The maximum absolute atomic E-state index is 13.7. The first-order valence-electron chi connectivity index (χ1n) is 11.2. The predicted molar refractivity (Wildman–Crippen MR) is 124 cm³/mol. The van der Waals surface area contributed by atoms with Gasteiger partial charge in [-0.25, -0.2) is 0 Å². The zero-order valence-electron chi connectivity index (χ0n) is 17.9. The summed E-state index contributed by atoms with van der Waals surface area (Å²) < 4.78 is 0. The number of benzene rings is 3. The number of amides is 2. The van der Waals surface area contributed by atoms with Crippen molar-refractivity contribution in [1.29, 1.82) is 0 Å². The Morgan fingerprint density at radius 1 is 0.758 bits per heavy atom. The van der Waals surface area contributed by atoms with E-state index in [1.54, 1.807) is 12.1 Å². The second kappa shape index (κ2) is 7.55. The minimum atomic E-state index is -0.718. The second-order valence-electron chi connectivity index (χ2n) is 8.81. The molecule has 0 radical (unpaired) electrons. The Balaban J connectivity index is 1.45. The fourth-order valence-corrected chi connectivity index (χ4v) is 5.61. The molecular weight excluding hydrogens is 412 g/mol. The van der Waals surface area contributed by atoms with Crippen molar-refractivity contribution < 1.29 is 14.4 Å². The van der Waals surface area contributed by atoms with Crippen LogP contribution in [0.25, 0.3) is 6.08 Å². The van der Waals surface area contributed by atoms with Crippen molar-refractivity contribution in [3.8, 4) is 0 Å². The maximum atomic E-state index is 13.7. The number of hydrogen-bond acceptors (Lipinski definition) is 4. The van der Waals surface area contributed by atoms with Crippen LogP contribution in [0.2, 0.25) is 0 Å². The first kappa shape index (κ1) is 19.7. The lowest BCUT2D eigenvalue weighted by Gasteiger charge is -2.35. The van der Waals surface area contributed by atoms with Gasteiger partial charge in [0.05, 0.1) is 24.4 Å². The SMILES string of the molecule is O=C(c1ccccc1)C1C2C(=O)N(Cc3ccccc3)C(=O)C2C2c3ccccc3C=CN12. The Bertz CT molecular complexity index is 1280. The Labute approximate surface area is 191 Å². The van der Waals surface area contributed by atoms with Gasteiger partial charge in [0.25, 0.3) is 0 Å². The Hall–Kier alpha value is -3.99. The Morgan fingerprint density at radius 2 is 1.39 bits per heavy atom. The van der Waals surface area contributed by atoms with Gasteiger partial charge in [-0.15, -0.1) is 0 Å². The Kier molecular flexibility index (Phi) is 4.50. The highest BCUT2D eigenvalue weighted by atomic mass is 16.2. The van der Waals surface area contributed by atoms with E-state index in [-0.39, 0.29) is 30.2 Å². The van der Waals surface area contributed by atoms with Crippen LogP contribution < -0.4 is 0 Å². The molecule has 2 saturated heterocycles. The summed E-state index contributed by atoms with van der Waals surface area (Å²) in [6.45, 7) is 0.224. The molecule has 2 amide bonds. The average molecular weight is 434 g/mol. The van der Waals surface area contributed by atoms with Crippen molar-refractivity contribution in [2.24, 2.45) is 11.8 Å². The molecule has 0 aliphatic carbocycles. The number of carbonyl (C=O) groups excluding carboxylic acids is 3. The quantitative estimate of drug-likeness (QED) is 0.459. The molecule has 5 heteroatoms. The summed E-state index contributed by atoms with van der Waals surface area (Å²) in [6, 6.07) is 25.4. The van der Waals surface area contributed by atoms with E-state index in [2.05, 4.69) is 0 Å². The lowest BCUT2D eigenvalue weighted by atomic mass is 9.83. The first-order valence-corrected chi connectivity index (χ1v) is 11.2. The van der Waals surface area contributed by atoms with E-state index in [1.165, 1.54) is 4.90 Å². The summed E-state index contributed by atoms with van der Waals surface area (Å²) in [5, 5.41) is 0. The standard InChI is InChI=1S/C28H22N2O3/c31-26(20-12-5-2-6-13-20)25-23-22(24-21-14-8-7-11-19(21)15-16-29(24)25)27(32)30(28(23)33)17-18-9-3-1-4-10-18/h1-16,22-25H,17H2. The number of fused-ring (bicyclic) bond motifs is 5. The lowest BCUT2D eigenvalue weighted by Crippen LogP contribution is -2.44. The molecule has 0 aromatic heterocycles. The normalized spacial score (nSPS) is 25.1. The van der Waals surface area contributed by atoms with Crippen LogP contribution in [0.4, 0.5) is 0 Å². The monoisotopic (exact) mass is 434 g/mol. The van der Waals surface area contributed by atoms with E-state index in [1.807, 2.05) is 90.0 Å². The molecule has 5 nitrogen and oxygen atoms in total. The first-order chi connectivity index (χ1) is 16.1. The Morgan fingerprint density at radius 3 is 2.15 bits per heavy atom. The maximum Gasteiger partial charge on any atom is 0.236 e. The minimum Gasteiger partial charge on any atom is -0.358 e. The van der Waals surface area contributed by atoms with Gasteiger partial charge in [0.2, 0.25) is 11.8 Å². The van der Waals surface area contributed by atoms with Gasteiger partial charge in [-0.1, -0.05) is 84.9 Å². The van der Waals surface area contributed by atoms with Crippen LogP contribution in [0.1, 0.15) is 33.1 Å². The zero-order chi connectivity index (χ0) is 22.5. The van der Waals surface area contributed by atoms with Crippen LogP contribution in [0, 0.1) is 11.8 Å². The van der Waals surface area contributed by atoms with Crippen molar-refractivity contribution in [3.63, 3.8) is 0 Å². The van der Waals surface area contributed by atoms with Crippen molar-refractivity contribution in [2.75, 3.05) is 0 Å². The molecule has 4 unspecified atom stereocenters. The van der Waals surface area contributed by atoms with Crippen molar-refractivity contribution in [2.45, 2.75) is 18.6 Å². The summed E-state index contributed by atoms with van der Waals surface area (Å²) in [7, 11) is 0. The van der Waals surface area contributed by atoms with Crippen LogP contribution in [0.5, 0.6) is 0 Å². The van der Waals surface area contributed by atoms with Gasteiger partial charge in [0.15, 0.2) is 5.78 Å². The second-order valence-corrected chi connectivity index (χ2v) is 8.81. The molecule has 3 aromatic rings. The number of likely N-dealkylation sites (tertiary alicyclic amines) is 1. The van der Waals surface area contributed by atoms with Gasteiger partial charge in [-0.05, 0) is 22.8 Å². The molecule has 0 saturated carbocycles. The van der Waals surface area contributed by atoms with E-state index in [9.17, 15) is 14.4 Å². The van der Waals surface area contributed by atoms with Gasteiger partial charge in [-0.3, -0.25) is 19.3 Å². The molecule has 2 fully saturated rings. The molecule has 4 atom stereocenters. The number of rotatable bonds is 4. The summed E-state index contributed by atoms with van der Waals surface area (Å²) in [4.78, 5) is 44.4. The van der Waals surface area contributed by atoms with Crippen molar-refractivity contribution >= 4 is 23.7 Å². The number of carbonyl (C=O) groups is 3. The molecule has 162 valence electrons. The summed E-state index contributed by atoms with van der Waals surface area (Å²) in [6.07, 6.45) is 3.85. The highest BCUT2D eigenvalue weighted by Crippen LogP contribution is 2.53. The van der Waals surface area contributed by atoms with Gasteiger partial charge in [0, 0.05) is 11.8 Å². The highest BCUT2D eigenvalue weighted by molar-refractivity contribution is 6.12. The minimum absolute atomic E-state index is 0.125. The van der Waals surface area contributed by atoms with Gasteiger partial charge in [-0.2, -0.15) is 0 Å². The summed E-state index contributed by atoms with van der Waals surface area (Å²) in [5.74, 6) is -1.89. The van der Waals surface area contributed by atoms with Gasteiger partial charge < -0.3 is 4.90 Å². The van der Waals surface area contributed by atoms with Crippen LogP contribution in [-0.4, -0.2) is 33.4 Å². The van der Waals surface area contributed by atoms with Crippen LogP contribution in [-0.2, 0) is 16.1 Å². The van der Waals surface area contributed by atoms with Gasteiger partial charge >= 0.3 is 0 Å². The van der Waals surface area contributed by atoms with E-state index in [0.29, 0.717) is 5.56 Å². The number of ketones is 1. The van der Waals surface area contributed by atoms with Crippen molar-refractivity contribution in [1.82, 2.24) is 9.80 Å². The summed E-state index contributed by atoms with van der Waals surface area (Å²) >= 11 is 0. The van der Waals surface area contributed by atoms with E-state index < -0.39 is 17.9 Å². The smallest absolute Gasteiger partial charge is 0.236 e. The van der Waals surface area contributed by atoms with Crippen LogP contribution >= 0.6 is 0 Å². The van der Waals surface area contributed by atoms with Crippen LogP contribution in [0.15, 0.2) is 91.1 Å². The summed E-state index contributed by atoms with van der Waals surface area (Å²) in [5.41, 5.74) is 3.45. The molecule has 0 spiro atoms. The van der Waals surface area contributed by atoms with E-state index in [4.69, 9.17) is 0 Å². The number of nitrogens with zero attached hydrogens (tertiary/aromatic N) is 2. The molecule has 0 bridgehead atoms. The molecule has 0 N–H and O–H groups in total. The molecule has 3 aliphatic rings. The lowest BCUT2D eigenvalue weighted by molar-refractivity contribution is -0.142. The fraction of sp³-hybridized carbons (Fsp3) is 0.179. The van der Waals surface area contributed by atoms with Crippen molar-refractivity contribution in [3.05, 3.63) is 113 Å². The zero-order valence-corrected chi connectivity index (χ0v) is 17.9. The molecule has 3 aliphatic heterocycles. The highest BCUT2D eigenvalue weighted by Gasteiger charge is 2.64.